The number of hydrogen-bond donors (Lipinski definition) is 2. The van der Waals surface area contributed by atoms with E-state index in [1.54, 1.807) is 6.07 Å². The molecule has 1 amide bonds. The molecule has 1 rings (SSSR count). The average molecular weight is 268 g/mol. The third-order valence-electron chi connectivity index (χ3n) is 2.69. The van der Waals surface area contributed by atoms with Crippen LogP contribution >= 0.6 is 0 Å². The molecule has 0 saturated carbocycles. The van der Waals surface area contributed by atoms with Crippen LogP contribution in [-0.4, -0.2) is 36.2 Å². The van der Waals surface area contributed by atoms with Crippen molar-refractivity contribution in [1.82, 2.24) is 5.32 Å². The van der Waals surface area contributed by atoms with Gasteiger partial charge in [0, 0.05) is 25.5 Å². The van der Waals surface area contributed by atoms with Crippen LogP contribution in [0.5, 0.6) is 5.75 Å². The lowest BCUT2D eigenvalue weighted by atomic mass is 9.99. The minimum absolute atomic E-state index is 0.128. The van der Waals surface area contributed by atoms with E-state index in [9.17, 15) is 20.0 Å². The van der Waals surface area contributed by atoms with E-state index in [1.165, 1.54) is 26.2 Å². The number of amides is 1. The molecule has 1 unspecified atom stereocenters. The van der Waals surface area contributed by atoms with Crippen molar-refractivity contribution in [2.45, 2.75) is 12.8 Å². The fraction of sp³-hybridized carbons (Fsp3) is 0.417. The van der Waals surface area contributed by atoms with Gasteiger partial charge in [-0.25, -0.2) is 0 Å². The molecule has 7 heteroatoms. The van der Waals surface area contributed by atoms with E-state index >= 15 is 0 Å². The van der Waals surface area contributed by atoms with Gasteiger partial charge in [-0.3, -0.25) is 14.9 Å². The second kappa shape index (κ2) is 6.69. The Bertz CT molecular complexity index is 475. The highest BCUT2D eigenvalue weighted by Gasteiger charge is 2.18. The van der Waals surface area contributed by atoms with Crippen molar-refractivity contribution >= 4 is 11.6 Å². The molecule has 0 spiro atoms. The van der Waals surface area contributed by atoms with Crippen LogP contribution in [-0.2, 0) is 4.79 Å². The quantitative estimate of drug-likeness (QED) is 0.587. The number of carbonyl (C=O) groups is 1. The molecule has 1 atom stereocenters. The van der Waals surface area contributed by atoms with E-state index in [2.05, 4.69) is 5.32 Å². The zero-order chi connectivity index (χ0) is 14.4. The Labute approximate surface area is 110 Å². The number of aliphatic hydroxyl groups excluding tert-OH is 1. The highest BCUT2D eigenvalue weighted by molar-refractivity contribution is 5.72. The molecule has 0 bridgehead atoms. The number of nitro groups is 1. The molecule has 0 aliphatic carbocycles. The van der Waals surface area contributed by atoms with E-state index < -0.39 is 4.92 Å². The van der Waals surface area contributed by atoms with Gasteiger partial charge in [0.1, 0.15) is 0 Å². The summed E-state index contributed by atoms with van der Waals surface area (Å²) in [5.41, 5.74) is 0.529. The molecule has 7 nitrogen and oxygen atoms in total. The maximum absolute atomic E-state index is 10.9. The van der Waals surface area contributed by atoms with Gasteiger partial charge in [-0.15, -0.1) is 0 Å². The van der Waals surface area contributed by atoms with Crippen LogP contribution in [0.2, 0.25) is 0 Å². The van der Waals surface area contributed by atoms with Gasteiger partial charge in [-0.1, -0.05) is 6.07 Å². The Kier molecular flexibility index (Phi) is 5.25. The van der Waals surface area contributed by atoms with Crippen LogP contribution in [0, 0.1) is 10.1 Å². The van der Waals surface area contributed by atoms with Crippen molar-refractivity contribution in [2.75, 3.05) is 20.3 Å². The van der Waals surface area contributed by atoms with Crippen LogP contribution in [0.4, 0.5) is 5.69 Å². The molecule has 0 fully saturated rings. The largest absolute Gasteiger partial charge is 0.490 e. The van der Waals surface area contributed by atoms with Crippen molar-refractivity contribution in [3.8, 4) is 5.75 Å². The van der Waals surface area contributed by atoms with E-state index in [-0.39, 0.29) is 36.4 Å². The first-order chi connectivity index (χ1) is 8.99. The van der Waals surface area contributed by atoms with E-state index in [4.69, 9.17) is 4.74 Å². The Hall–Kier alpha value is -2.15. The lowest BCUT2D eigenvalue weighted by Gasteiger charge is -2.15. The minimum Gasteiger partial charge on any atom is -0.490 e. The molecule has 0 saturated heterocycles. The first-order valence-corrected chi connectivity index (χ1v) is 5.67. The highest BCUT2D eigenvalue weighted by atomic mass is 16.6. The molecule has 0 aromatic heterocycles. The van der Waals surface area contributed by atoms with E-state index in [0.29, 0.717) is 5.56 Å². The van der Waals surface area contributed by atoms with Gasteiger partial charge in [0.25, 0.3) is 0 Å². The summed E-state index contributed by atoms with van der Waals surface area (Å²) in [6.07, 6.45) is 0. The fourth-order valence-electron chi connectivity index (χ4n) is 1.65. The van der Waals surface area contributed by atoms with Crippen LogP contribution in [0.1, 0.15) is 18.4 Å². The van der Waals surface area contributed by atoms with Gasteiger partial charge in [0.15, 0.2) is 5.75 Å². The molecule has 104 valence electrons. The minimum atomic E-state index is -0.537. The zero-order valence-corrected chi connectivity index (χ0v) is 10.8. The maximum Gasteiger partial charge on any atom is 0.310 e. The van der Waals surface area contributed by atoms with Crippen molar-refractivity contribution in [2.24, 2.45) is 0 Å². The summed E-state index contributed by atoms with van der Waals surface area (Å²) in [5, 5.41) is 22.7. The number of carbonyl (C=O) groups excluding carboxylic acids is 1. The third kappa shape index (κ3) is 3.92. The Morgan fingerprint density at radius 3 is 2.74 bits per heavy atom. The molecule has 1 aromatic rings. The molecular weight excluding hydrogens is 252 g/mol. The molecule has 0 aliphatic rings. The molecule has 0 heterocycles. The van der Waals surface area contributed by atoms with Crippen LogP contribution in [0.3, 0.4) is 0 Å². The monoisotopic (exact) mass is 268 g/mol. The molecule has 2 N–H and O–H groups in total. The van der Waals surface area contributed by atoms with Crippen LogP contribution < -0.4 is 10.1 Å². The van der Waals surface area contributed by atoms with Gasteiger partial charge in [-0.05, 0) is 11.6 Å². The summed E-state index contributed by atoms with van der Waals surface area (Å²) in [4.78, 5) is 21.1. The van der Waals surface area contributed by atoms with E-state index in [0.717, 1.165) is 0 Å². The first-order valence-electron chi connectivity index (χ1n) is 5.67. The number of nitro benzene ring substituents is 1. The summed E-state index contributed by atoms with van der Waals surface area (Å²) in [6, 6.07) is 4.37. The second-order valence-corrected chi connectivity index (χ2v) is 4.00. The normalized spacial score (nSPS) is 11.7. The predicted octanol–water partition coefficient (Wildman–Crippen LogP) is 0.815. The third-order valence-corrected chi connectivity index (χ3v) is 2.69. The summed E-state index contributed by atoms with van der Waals surface area (Å²) in [5.74, 6) is -0.408. The number of methoxy groups -OCH3 is 1. The topological polar surface area (TPSA) is 102 Å². The SMILES string of the molecule is COc1cc(C(CO)CNC(C)=O)ccc1[N+](=O)[O-]. The number of nitrogens with one attached hydrogen (secondary N) is 1. The molecule has 0 radical (unpaired) electrons. The highest BCUT2D eigenvalue weighted by Crippen LogP contribution is 2.30. The van der Waals surface area contributed by atoms with E-state index in [1.807, 2.05) is 0 Å². The Balaban J connectivity index is 2.98. The number of rotatable bonds is 6. The summed E-state index contributed by atoms with van der Waals surface area (Å²) in [7, 11) is 1.34. The van der Waals surface area contributed by atoms with Crippen LogP contribution in [0.25, 0.3) is 0 Å². The van der Waals surface area contributed by atoms with Gasteiger partial charge in [-0.2, -0.15) is 0 Å². The predicted molar refractivity (Wildman–Crippen MR) is 68.2 cm³/mol. The van der Waals surface area contributed by atoms with Crippen molar-refractivity contribution in [3.05, 3.63) is 33.9 Å². The first kappa shape index (κ1) is 14.9. The lowest BCUT2D eigenvalue weighted by Crippen LogP contribution is -2.27. The summed E-state index contributed by atoms with van der Waals surface area (Å²) >= 11 is 0. The average Bonchev–Trinajstić information content (AvgIpc) is 2.38. The Morgan fingerprint density at radius 2 is 2.26 bits per heavy atom. The molecule has 1 aromatic carbocycles. The van der Waals surface area contributed by atoms with Crippen molar-refractivity contribution in [1.29, 1.82) is 0 Å². The van der Waals surface area contributed by atoms with Gasteiger partial charge in [0.05, 0.1) is 18.6 Å². The molecule has 0 aliphatic heterocycles. The number of benzene rings is 1. The van der Waals surface area contributed by atoms with Gasteiger partial charge < -0.3 is 15.2 Å². The number of nitrogens with zero attached hydrogens (tertiary/aromatic N) is 1. The summed E-state index contributed by atoms with van der Waals surface area (Å²) < 4.78 is 4.96. The van der Waals surface area contributed by atoms with Gasteiger partial charge >= 0.3 is 5.69 Å². The van der Waals surface area contributed by atoms with Gasteiger partial charge in [0.2, 0.25) is 5.91 Å². The Morgan fingerprint density at radius 1 is 1.58 bits per heavy atom. The molecular formula is C12H16N2O5. The molecule has 19 heavy (non-hydrogen) atoms. The maximum atomic E-state index is 10.9. The number of ether oxygens (including phenoxy) is 1. The lowest BCUT2D eigenvalue weighted by molar-refractivity contribution is -0.385. The smallest absolute Gasteiger partial charge is 0.310 e. The zero-order valence-electron chi connectivity index (χ0n) is 10.8. The van der Waals surface area contributed by atoms with Crippen LogP contribution in [0.15, 0.2) is 18.2 Å². The number of hydrogen-bond acceptors (Lipinski definition) is 5. The van der Waals surface area contributed by atoms with Crippen molar-refractivity contribution in [3.63, 3.8) is 0 Å². The number of aliphatic hydroxyl groups is 1. The standard InChI is InChI=1S/C12H16N2O5/c1-8(16)13-6-10(7-15)9-3-4-11(14(17)18)12(5-9)19-2/h3-5,10,15H,6-7H2,1-2H3,(H,13,16). The van der Waals surface area contributed by atoms with Crippen molar-refractivity contribution < 1.29 is 19.6 Å². The summed E-state index contributed by atoms with van der Waals surface area (Å²) in [6.45, 7) is 1.46. The second-order valence-electron chi connectivity index (χ2n) is 4.00. The fourth-order valence-corrected chi connectivity index (χ4v) is 1.65.